The van der Waals surface area contributed by atoms with Gasteiger partial charge in [-0.15, -0.1) is 11.3 Å². The van der Waals surface area contributed by atoms with Crippen molar-refractivity contribution in [2.24, 2.45) is 0 Å². The first-order valence-corrected chi connectivity index (χ1v) is 12.2. The zero-order valence-corrected chi connectivity index (χ0v) is 17.2. The van der Waals surface area contributed by atoms with Crippen LogP contribution in [0.1, 0.15) is 12.0 Å². The summed E-state index contributed by atoms with van der Waals surface area (Å²) in [5, 5.41) is 3.87. The third-order valence-corrected chi connectivity index (χ3v) is 9.08. The van der Waals surface area contributed by atoms with Gasteiger partial charge >= 0.3 is 0 Å². The van der Waals surface area contributed by atoms with Crippen molar-refractivity contribution in [2.45, 2.75) is 28.5 Å². The molecule has 2 atom stereocenters. The lowest BCUT2D eigenvalue weighted by Crippen LogP contribution is -2.37. The van der Waals surface area contributed by atoms with E-state index in [1.54, 1.807) is 17.5 Å². The highest BCUT2D eigenvalue weighted by molar-refractivity contribution is 7.92. The molecule has 0 saturated carbocycles. The third kappa shape index (κ3) is 2.78. The average Bonchev–Trinajstić information content (AvgIpc) is 3.50. The monoisotopic (exact) mass is 425 g/mol. The van der Waals surface area contributed by atoms with E-state index in [1.165, 1.54) is 11.3 Å². The van der Waals surface area contributed by atoms with Crippen LogP contribution in [0, 0.1) is 0 Å². The van der Waals surface area contributed by atoms with Crippen molar-refractivity contribution in [1.82, 2.24) is 9.97 Å². The molecule has 6 rings (SSSR count). The van der Waals surface area contributed by atoms with Gasteiger partial charge in [0.25, 0.3) is 0 Å². The van der Waals surface area contributed by atoms with Gasteiger partial charge in [-0.2, -0.15) is 0 Å². The summed E-state index contributed by atoms with van der Waals surface area (Å²) in [5.74, 6) is -0.00598. The first-order chi connectivity index (χ1) is 14.1. The standard InChI is InChI=1S/C21H19N3O3S2/c25-29(26,19-2-1-7-28-19)12-13-3-4-17-16(8-13)20-18(5-6-22-21(20)23-17)24-10-15-9-14(24)11-27-15/h1-8,14-15H,9-12H2,(H,22,23). The van der Waals surface area contributed by atoms with Crippen molar-refractivity contribution in [3.05, 3.63) is 53.5 Å². The summed E-state index contributed by atoms with van der Waals surface area (Å²) in [7, 11) is -3.34. The van der Waals surface area contributed by atoms with E-state index in [-0.39, 0.29) is 5.75 Å². The van der Waals surface area contributed by atoms with Crippen LogP contribution >= 0.6 is 11.3 Å². The fourth-order valence-corrected chi connectivity index (χ4v) is 7.03. The van der Waals surface area contributed by atoms with E-state index in [2.05, 4.69) is 20.9 Å². The van der Waals surface area contributed by atoms with Gasteiger partial charge in [0, 0.05) is 29.0 Å². The Kier molecular flexibility index (Phi) is 3.78. The molecule has 2 fully saturated rings. The van der Waals surface area contributed by atoms with E-state index in [4.69, 9.17) is 4.74 Å². The van der Waals surface area contributed by atoms with Crippen LogP contribution in [0.3, 0.4) is 0 Å². The Labute approximate surface area is 172 Å². The summed E-state index contributed by atoms with van der Waals surface area (Å²) in [6.45, 7) is 1.66. The van der Waals surface area contributed by atoms with Gasteiger partial charge in [-0.05, 0) is 41.6 Å². The van der Waals surface area contributed by atoms with E-state index in [9.17, 15) is 8.42 Å². The summed E-state index contributed by atoms with van der Waals surface area (Å²) in [4.78, 5) is 10.3. The lowest BCUT2D eigenvalue weighted by molar-refractivity contribution is 0.0992. The van der Waals surface area contributed by atoms with E-state index in [0.29, 0.717) is 16.4 Å². The second-order valence-electron chi connectivity index (χ2n) is 7.75. The maximum absolute atomic E-state index is 12.7. The SMILES string of the molecule is O=S(=O)(Cc1ccc2[nH]c3nccc(N4CC5CC4CO5)c3c2c1)c1cccs1. The highest BCUT2D eigenvalue weighted by atomic mass is 32.2. The van der Waals surface area contributed by atoms with Gasteiger partial charge in [0.05, 0.1) is 30.2 Å². The van der Waals surface area contributed by atoms with Gasteiger partial charge in [0.15, 0.2) is 9.84 Å². The number of hydrogen-bond donors (Lipinski definition) is 1. The number of sulfone groups is 1. The summed E-state index contributed by atoms with van der Waals surface area (Å²) >= 11 is 1.26. The quantitative estimate of drug-likeness (QED) is 0.539. The van der Waals surface area contributed by atoms with Crippen LogP contribution < -0.4 is 4.90 Å². The number of H-pyrrole nitrogens is 1. The first-order valence-electron chi connectivity index (χ1n) is 9.62. The number of nitrogens with zero attached hydrogens (tertiary/aromatic N) is 2. The minimum absolute atomic E-state index is 0.00598. The molecular weight excluding hydrogens is 406 g/mol. The minimum Gasteiger partial charge on any atom is -0.374 e. The van der Waals surface area contributed by atoms with E-state index < -0.39 is 9.84 Å². The van der Waals surface area contributed by atoms with Crippen molar-refractivity contribution in [2.75, 3.05) is 18.1 Å². The second kappa shape index (κ2) is 6.29. The molecule has 2 unspecified atom stereocenters. The Morgan fingerprint density at radius 3 is 2.97 bits per heavy atom. The number of anilines is 1. The van der Waals surface area contributed by atoms with Crippen LogP contribution in [-0.2, 0) is 20.3 Å². The van der Waals surface area contributed by atoms with Gasteiger partial charge in [0.1, 0.15) is 9.86 Å². The molecule has 3 aromatic heterocycles. The van der Waals surface area contributed by atoms with E-state index in [1.807, 2.05) is 24.4 Å². The lowest BCUT2D eigenvalue weighted by Gasteiger charge is -2.29. The number of ether oxygens (including phenoxy) is 1. The number of benzene rings is 1. The number of pyridine rings is 1. The number of aromatic amines is 1. The number of morpholine rings is 1. The molecule has 4 aromatic rings. The van der Waals surface area contributed by atoms with Crippen molar-refractivity contribution in [1.29, 1.82) is 0 Å². The molecule has 0 amide bonds. The average molecular weight is 426 g/mol. The zero-order chi connectivity index (χ0) is 19.6. The molecule has 1 N–H and O–H groups in total. The van der Waals surface area contributed by atoms with Crippen LogP contribution in [0.15, 0.2) is 52.2 Å². The molecule has 8 heteroatoms. The van der Waals surface area contributed by atoms with Gasteiger partial charge in [-0.1, -0.05) is 12.1 Å². The normalized spacial score (nSPS) is 21.6. The number of thiophene rings is 1. The first kappa shape index (κ1) is 17.4. The Bertz CT molecular complexity index is 1330. The molecule has 2 saturated heterocycles. The largest absolute Gasteiger partial charge is 0.374 e. The number of rotatable bonds is 4. The predicted octanol–water partition coefficient (Wildman–Crippen LogP) is 3.73. The summed E-state index contributed by atoms with van der Waals surface area (Å²) < 4.78 is 31.6. The minimum atomic E-state index is -3.34. The van der Waals surface area contributed by atoms with Crippen LogP contribution in [0.25, 0.3) is 21.9 Å². The van der Waals surface area contributed by atoms with Crippen molar-refractivity contribution in [3.8, 4) is 0 Å². The van der Waals surface area contributed by atoms with Gasteiger partial charge in [0.2, 0.25) is 0 Å². The van der Waals surface area contributed by atoms with Gasteiger partial charge in [-0.25, -0.2) is 13.4 Å². The maximum atomic E-state index is 12.7. The fraction of sp³-hybridized carbons (Fsp3) is 0.286. The van der Waals surface area contributed by atoms with Crippen LogP contribution in [0.5, 0.6) is 0 Å². The molecule has 1 aromatic carbocycles. The van der Waals surface area contributed by atoms with Crippen molar-refractivity contribution >= 4 is 48.8 Å². The molecule has 6 nitrogen and oxygen atoms in total. The Morgan fingerprint density at radius 1 is 1.28 bits per heavy atom. The third-order valence-electron chi connectivity index (χ3n) is 5.90. The number of fused-ring (bicyclic) bond motifs is 5. The summed E-state index contributed by atoms with van der Waals surface area (Å²) in [5.41, 5.74) is 3.74. The van der Waals surface area contributed by atoms with Crippen LogP contribution in [0.2, 0.25) is 0 Å². The molecule has 0 aliphatic carbocycles. The number of aromatic nitrogens is 2. The molecule has 2 aliphatic rings. The van der Waals surface area contributed by atoms with Crippen molar-refractivity contribution in [3.63, 3.8) is 0 Å². The summed E-state index contributed by atoms with van der Waals surface area (Å²) in [6, 6.07) is 11.7. The molecule has 148 valence electrons. The van der Waals surface area contributed by atoms with Crippen LogP contribution in [0.4, 0.5) is 5.69 Å². The molecule has 5 heterocycles. The molecule has 29 heavy (non-hydrogen) atoms. The van der Waals surface area contributed by atoms with E-state index >= 15 is 0 Å². The topological polar surface area (TPSA) is 75.3 Å². The fourth-order valence-electron chi connectivity index (χ4n) is 4.60. The number of hydrogen-bond acceptors (Lipinski definition) is 6. The van der Waals surface area contributed by atoms with Crippen LogP contribution in [-0.4, -0.2) is 43.7 Å². The van der Waals surface area contributed by atoms with Crippen molar-refractivity contribution < 1.29 is 13.2 Å². The predicted molar refractivity (Wildman–Crippen MR) is 114 cm³/mol. The lowest BCUT2D eigenvalue weighted by atomic mass is 10.1. The highest BCUT2D eigenvalue weighted by Gasteiger charge is 2.39. The molecule has 2 aliphatic heterocycles. The smallest absolute Gasteiger partial charge is 0.191 e. The Morgan fingerprint density at radius 2 is 2.21 bits per heavy atom. The molecular formula is C21H19N3O3S2. The number of nitrogens with one attached hydrogen (secondary N) is 1. The molecule has 2 bridgehead atoms. The maximum Gasteiger partial charge on any atom is 0.191 e. The second-order valence-corrected chi connectivity index (χ2v) is 10.9. The Balaban J connectivity index is 1.47. The summed E-state index contributed by atoms with van der Waals surface area (Å²) in [6.07, 6.45) is 3.21. The highest BCUT2D eigenvalue weighted by Crippen LogP contribution is 2.39. The van der Waals surface area contributed by atoms with Gasteiger partial charge < -0.3 is 14.6 Å². The van der Waals surface area contributed by atoms with E-state index in [0.717, 1.165) is 52.8 Å². The molecule has 0 radical (unpaired) electrons. The zero-order valence-electron chi connectivity index (χ0n) is 15.5. The molecule has 0 spiro atoms. The van der Waals surface area contributed by atoms with Gasteiger partial charge in [-0.3, -0.25) is 0 Å². The Hall–Kier alpha value is -2.42.